The summed E-state index contributed by atoms with van der Waals surface area (Å²) in [4.78, 5) is 1.52. The Hall–Kier alpha value is -0.260. The SMILES string of the molecule is CC(C)(C)c1cc(C(C)(C)C)c(SP=CC2CC2)c(C(C)(C)C)c1. The highest BCUT2D eigenvalue weighted by Crippen LogP contribution is 2.47. The molecule has 0 saturated heterocycles. The molecular weight excluding hydrogens is 327 g/mol. The Morgan fingerprint density at radius 1 is 0.833 bits per heavy atom. The quantitative estimate of drug-likeness (QED) is 0.495. The van der Waals surface area contributed by atoms with E-state index in [9.17, 15) is 0 Å². The van der Waals surface area contributed by atoms with E-state index >= 15 is 0 Å². The zero-order valence-corrected chi connectivity index (χ0v) is 18.8. The summed E-state index contributed by atoms with van der Waals surface area (Å²) in [5, 5.41) is 0. The van der Waals surface area contributed by atoms with Crippen LogP contribution in [0, 0.1) is 5.92 Å². The molecule has 0 aliphatic heterocycles. The zero-order valence-electron chi connectivity index (χ0n) is 17.1. The van der Waals surface area contributed by atoms with Crippen molar-refractivity contribution >= 4 is 24.6 Å². The van der Waals surface area contributed by atoms with Crippen LogP contribution in [0.1, 0.15) is 91.8 Å². The molecule has 1 aromatic rings. The lowest BCUT2D eigenvalue weighted by molar-refractivity contribution is 0.531. The first kappa shape index (κ1) is 20.1. The fourth-order valence-electron chi connectivity index (χ4n) is 2.69. The number of hydrogen-bond donors (Lipinski definition) is 0. The van der Waals surface area contributed by atoms with E-state index < -0.39 is 0 Å². The highest BCUT2D eigenvalue weighted by atomic mass is 32.7. The second-order valence-electron chi connectivity index (χ2n) is 10.3. The molecule has 1 aliphatic carbocycles. The molecular formula is C22H35PS. The molecule has 1 fully saturated rings. The van der Waals surface area contributed by atoms with Gasteiger partial charge in [0.05, 0.1) is 0 Å². The topological polar surface area (TPSA) is 0 Å². The minimum absolute atomic E-state index is 0.165. The van der Waals surface area contributed by atoms with Crippen molar-refractivity contribution in [1.29, 1.82) is 0 Å². The second kappa shape index (κ2) is 6.81. The third kappa shape index (κ3) is 5.12. The average Bonchev–Trinajstić information content (AvgIpc) is 3.18. The smallest absolute Gasteiger partial charge is 0.0237 e. The van der Waals surface area contributed by atoms with Crippen molar-refractivity contribution in [1.82, 2.24) is 0 Å². The first-order chi connectivity index (χ1) is 10.8. The molecule has 24 heavy (non-hydrogen) atoms. The Morgan fingerprint density at radius 3 is 1.62 bits per heavy atom. The van der Waals surface area contributed by atoms with Gasteiger partial charge >= 0.3 is 0 Å². The maximum atomic E-state index is 2.50. The summed E-state index contributed by atoms with van der Waals surface area (Å²) >= 11 is 2.03. The number of benzene rings is 1. The normalized spacial score (nSPS) is 16.9. The van der Waals surface area contributed by atoms with Crippen LogP contribution in [0.3, 0.4) is 0 Å². The van der Waals surface area contributed by atoms with E-state index in [2.05, 4.69) is 80.2 Å². The van der Waals surface area contributed by atoms with Crippen molar-refractivity contribution in [2.45, 2.75) is 96.3 Å². The molecule has 0 heterocycles. The predicted molar refractivity (Wildman–Crippen MR) is 114 cm³/mol. The monoisotopic (exact) mass is 362 g/mol. The summed E-state index contributed by atoms with van der Waals surface area (Å²) in [5.41, 5.74) is 5.01. The van der Waals surface area contributed by atoms with Gasteiger partial charge in [0, 0.05) is 4.90 Å². The van der Waals surface area contributed by atoms with Crippen LogP contribution in [0.5, 0.6) is 0 Å². The largest absolute Gasteiger partial charge is 0.0656 e. The number of hydrogen-bond acceptors (Lipinski definition) is 1. The summed E-state index contributed by atoms with van der Waals surface area (Å²) in [6.45, 7) is 21.1. The molecule has 2 heteroatoms. The van der Waals surface area contributed by atoms with Gasteiger partial charge in [0.2, 0.25) is 0 Å². The highest BCUT2D eigenvalue weighted by molar-refractivity contribution is 8.48. The van der Waals surface area contributed by atoms with E-state index in [-0.39, 0.29) is 16.2 Å². The molecule has 1 saturated carbocycles. The predicted octanol–water partition coefficient (Wildman–Crippen LogP) is 7.74. The van der Waals surface area contributed by atoms with Crippen LogP contribution in [0.2, 0.25) is 0 Å². The van der Waals surface area contributed by atoms with E-state index in [0.29, 0.717) is 0 Å². The van der Waals surface area contributed by atoms with Crippen molar-refractivity contribution in [3.8, 4) is 0 Å². The van der Waals surface area contributed by atoms with Gasteiger partial charge in [-0.2, -0.15) is 0 Å². The summed E-state index contributed by atoms with van der Waals surface area (Å²) in [7, 11) is 1.41. The van der Waals surface area contributed by atoms with Gasteiger partial charge in [-0.15, -0.1) is 0 Å². The number of rotatable bonds is 3. The van der Waals surface area contributed by atoms with Crippen LogP contribution in [-0.2, 0) is 16.2 Å². The highest BCUT2D eigenvalue weighted by Gasteiger charge is 2.29. The van der Waals surface area contributed by atoms with E-state index in [1.54, 1.807) is 0 Å². The van der Waals surface area contributed by atoms with Gasteiger partial charge in [-0.3, -0.25) is 0 Å². The Bertz CT molecular complexity index is 582. The molecule has 0 radical (unpaired) electrons. The maximum absolute atomic E-state index is 2.50. The summed E-state index contributed by atoms with van der Waals surface area (Å²) in [6.07, 6.45) is 2.80. The van der Waals surface area contributed by atoms with Gasteiger partial charge < -0.3 is 0 Å². The molecule has 0 N–H and O–H groups in total. The lowest BCUT2D eigenvalue weighted by Crippen LogP contribution is -2.22. The van der Waals surface area contributed by atoms with E-state index in [4.69, 9.17) is 0 Å². The molecule has 134 valence electrons. The molecule has 0 spiro atoms. The van der Waals surface area contributed by atoms with Gasteiger partial charge in [-0.1, -0.05) is 85.8 Å². The Kier molecular flexibility index (Phi) is 5.69. The first-order valence-electron chi connectivity index (χ1n) is 9.20. The molecule has 0 aromatic heterocycles. The summed E-state index contributed by atoms with van der Waals surface area (Å²) in [6, 6.07) is 4.95. The van der Waals surface area contributed by atoms with E-state index in [0.717, 1.165) is 5.92 Å². The van der Waals surface area contributed by atoms with Crippen LogP contribution in [0.25, 0.3) is 0 Å². The van der Waals surface area contributed by atoms with Crippen LogP contribution in [0.4, 0.5) is 0 Å². The summed E-state index contributed by atoms with van der Waals surface area (Å²) in [5.74, 6) is 3.38. The molecule has 1 aliphatic rings. The van der Waals surface area contributed by atoms with E-state index in [1.165, 1.54) is 41.8 Å². The van der Waals surface area contributed by atoms with Gasteiger partial charge in [-0.05, 0) is 64.9 Å². The summed E-state index contributed by atoms with van der Waals surface area (Å²) < 4.78 is 0. The Balaban J connectivity index is 2.62. The van der Waals surface area contributed by atoms with Crippen LogP contribution < -0.4 is 0 Å². The first-order valence-corrected chi connectivity index (χ1v) is 11.6. The lowest BCUT2D eigenvalue weighted by Gasteiger charge is -2.32. The molecule has 0 bridgehead atoms. The minimum Gasteiger partial charge on any atom is -0.0656 e. The second-order valence-corrected chi connectivity index (χ2v) is 12.6. The molecule has 0 unspecified atom stereocenters. The lowest BCUT2D eigenvalue weighted by atomic mass is 9.75. The molecule has 2 rings (SSSR count). The third-order valence-electron chi connectivity index (χ3n) is 4.61. The van der Waals surface area contributed by atoms with Crippen LogP contribution >= 0.6 is 18.8 Å². The van der Waals surface area contributed by atoms with Gasteiger partial charge in [0.1, 0.15) is 0 Å². The molecule has 0 nitrogen and oxygen atoms in total. The third-order valence-corrected chi connectivity index (χ3v) is 7.11. The van der Waals surface area contributed by atoms with E-state index in [1.807, 2.05) is 11.4 Å². The van der Waals surface area contributed by atoms with Gasteiger partial charge in [-0.25, -0.2) is 0 Å². The minimum atomic E-state index is 0.165. The van der Waals surface area contributed by atoms with Crippen LogP contribution in [-0.4, -0.2) is 5.80 Å². The fraction of sp³-hybridized carbons (Fsp3) is 0.682. The standard InChI is InChI=1S/C22H35PS/c1-20(2,3)16-12-17(21(4,5)6)19(18(13-16)22(7,8)9)24-23-14-15-10-11-15/h12-15H,10-11H2,1-9H3. The molecule has 0 atom stereocenters. The van der Waals surface area contributed by atoms with Crippen LogP contribution in [0.15, 0.2) is 17.0 Å². The van der Waals surface area contributed by atoms with Crippen molar-refractivity contribution in [2.24, 2.45) is 5.92 Å². The molecule has 1 aromatic carbocycles. The van der Waals surface area contributed by atoms with Gasteiger partial charge in [0.25, 0.3) is 0 Å². The average molecular weight is 363 g/mol. The zero-order chi connectivity index (χ0) is 18.3. The van der Waals surface area contributed by atoms with Crippen molar-refractivity contribution in [3.63, 3.8) is 0 Å². The van der Waals surface area contributed by atoms with Crippen molar-refractivity contribution in [3.05, 3.63) is 28.8 Å². The molecule has 0 amide bonds. The van der Waals surface area contributed by atoms with Gasteiger partial charge in [0.15, 0.2) is 0 Å². The van der Waals surface area contributed by atoms with Crippen molar-refractivity contribution in [2.75, 3.05) is 0 Å². The Labute approximate surface area is 155 Å². The van der Waals surface area contributed by atoms with Crippen molar-refractivity contribution < 1.29 is 0 Å². The Morgan fingerprint density at radius 2 is 1.29 bits per heavy atom. The maximum Gasteiger partial charge on any atom is 0.0237 e. The fourth-order valence-corrected chi connectivity index (χ4v) is 5.86.